The molecule has 1 saturated heterocycles. The van der Waals surface area contributed by atoms with Crippen molar-refractivity contribution >= 4 is 29.3 Å². The van der Waals surface area contributed by atoms with Crippen LogP contribution in [0.3, 0.4) is 0 Å². The summed E-state index contributed by atoms with van der Waals surface area (Å²) in [6.45, 7) is 4.10. The van der Waals surface area contributed by atoms with Crippen LogP contribution in [-0.4, -0.2) is 49.4 Å². The fourth-order valence-electron chi connectivity index (χ4n) is 2.88. The summed E-state index contributed by atoms with van der Waals surface area (Å²) in [6, 6.07) is 17.7. The lowest BCUT2D eigenvalue weighted by molar-refractivity contribution is -0.119. The Labute approximate surface area is 163 Å². The lowest BCUT2D eigenvalue weighted by Gasteiger charge is -2.31. The molecule has 0 radical (unpaired) electrons. The molecule has 1 unspecified atom stereocenters. The zero-order chi connectivity index (χ0) is 18.2. The molecule has 1 heterocycles. The van der Waals surface area contributed by atoms with E-state index in [0.29, 0.717) is 10.8 Å². The zero-order valence-corrected chi connectivity index (χ0v) is 16.1. The molecule has 3 rings (SSSR count). The summed E-state index contributed by atoms with van der Waals surface area (Å²) in [5.41, 5.74) is 1.13. The molecule has 0 aliphatic carbocycles. The fraction of sp³-hybridized carbons (Fsp3) is 0.350. The van der Waals surface area contributed by atoms with Gasteiger partial charge in [-0.2, -0.15) is 0 Å². The van der Waals surface area contributed by atoms with Gasteiger partial charge in [0.1, 0.15) is 0 Å². The maximum Gasteiger partial charge on any atom is 0.230 e. The molecule has 0 aromatic heterocycles. The number of hydrogen-bond acceptors (Lipinski definition) is 4. The minimum atomic E-state index is -0.0207. The minimum absolute atomic E-state index is 0.0207. The molecular weight excluding hydrogens is 368 g/mol. The fourth-order valence-corrected chi connectivity index (χ4v) is 3.71. The van der Waals surface area contributed by atoms with Crippen LogP contribution >= 0.6 is 23.4 Å². The number of carbonyl (C=O) groups excluding carboxylic acids is 1. The number of benzene rings is 2. The average molecular weight is 391 g/mol. The van der Waals surface area contributed by atoms with E-state index in [1.807, 2.05) is 42.5 Å². The van der Waals surface area contributed by atoms with Gasteiger partial charge < -0.3 is 10.1 Å². The first-order valence-corrected chi connectivity index (χ1v) is 10.1. The standard InChI is InChI=1S/C20H23ClN2O2S/c21-17-6-8-18(9-7-17)26-15-20(24)22-19(16-4-2-1-3-5-16)14-23-10-12-25-13-11-23/h1-9,19H,10-15H2,(H,22,24). The largest absolute Gasteiger partial charge is 0.379 e. The molecule has 2 aromatic carbocycles. The van der Waals surface area contributed by atoms with Crippen molar-refractivity contribution in [1.29, 1.82) is 0 Å². The molecule has 1 amide bonds. The number of thioether (sulfide) groups is 1. The number of halogens is 1. The molecular formula is C20H23ClN2O2S. The Bertz CT molecular complexity index is 691. The monoisotopic (exact) mass is 390 g/mol. The second-order valence-electron chi connectivity index (χ2n) is 6.19. The summed E-state index contributed by atoms with van der Waals surface area (Å²) >= 11 is 7.42. The molecule has 0 bridgehead atoms. The summed E-state index contributed by atoms with van der Waals surface area (Å²) in [6.07, 6.45) is 0. The first-order valence-electron chi connectivity index (χ1n) is 8.73. The highest BCUT2D eigenvalue weighted by Crippen LogP contribution is 2.21. The Balaban J connectivity index is 1.58. The first-order chi connectivity index (χ1) is 12.7. The molecule has 0 saturated carbocycles. The second-order valence-corrected chi connectivity index (χ2v) is 7.67. The number of nitrogens with one attached hydrogen (secondary N) is 1. The molecule has 1 atom stereocenters. The van der Waals surface area contributed by atoms with Gasteiger partial charge in [-0.05, 0) is 29.8 Å². The predicted octanol–water partition coefficient (Wildman–Crippen LogP) is 3.62. The van der Waals surface area contributed by atoms with Gasteiger partial charge in [-0.3, -0.25) is 9.69 Å². The van der Waals surface area contributed by atoms with Crippen molar-refractivity contribution in [2.45, 2.75) is 10.9 Å². The lowest BCUT2D eigenvalue weighted by Crippen LogP contribution is -2.43. The molecule has 1 fully saturated rings. The molecule has 0 spiro atoms. The maximum absolute atomic E-state index is 12.5. The van der Waals surface area contributed by atoms with Gasteiger partial charge in [0.05, 0.1) is 25.0 Å². The Morgan fingerprint density at radius 2 is 1.81 bits per heavy atom. The highest BCUT2D eigenvalue weighted by molar-refractivity contribution is 8.00. The van der Waals surface area contributed by atoms with E-state index < -0.39 is 0 Å². The Morgan fingerprint density at radius 3 is 2.50 bits per heavy atom. The van der Waals surface area contributed by atoms with E-state index >= 15 is 0 Å². The Kier molecular flexibility index (Phi) is 7.38. The first kappa shape index (κ1) is 19.2. The van der Waals surface area contributed by atoms with Crippen molar-refractivity contribution in [1.82, 2.24) is 10.2 Å². The molecule has 2 aromatic rings. The van der Waals surface area contributed by atoms with E-state index in [-0.39, 0.29) is 11.9 Å². The van der Waals surface area contributed by atoms with Gasteiger partial charge in [0.2, 0.25) is 5.91 Å². The average Bonchev–Trinajstić information content (AvgIpc) is 2.68. The highest BCUT2D eigenvalue weighted by atomic mass is 35.5. The van der Waals surface area contributed by atoms with Crippen LogP contribution in [0, 0.1) is 0 Å². The summed E-state index contributed by atoms with van der Waals surface area (Å²) in [5.74, 6) is 0.417. The third-order valence-corrected chi connectivity index (χ3v) is 5.53. The highest BCUT2D eigenvalue weighted by Gasteiger charge is 2.20. The van der Waals surface area contributed by atoms with E-state index in [9.17, 15) is 4.79 Å². The number of rotatable bonds is 7. The van der Waals surface area contributed by atoms with E-state index in [4.69, 9.17) is 16.3 Å². The van der Waals surface area contributed by atoms with Crippen molar-refractivity contribution in [2.24, 2.45) is 0 Å². The predicted molar refractivity (Wildman–Crippen MR) is 107 cm³/mol. The third-order valence-electron chi connectivity index (χ3n) is 4.27. The quantitative estimate of drug-likeness (QED) is 0.733. The van der Waals surface area contributed by atoms with Crippen LogP contribution in [0.15, 0.2) is 59.5 Å². The number of nitrogens with zero attached hydrogens (tertiary/aromatic N) is 1. The lowest BCUT2D eigenvalue weighted by atomic mass is 10.1. The Morgan fingerprint density at radius 1 is 1.12 bits per heavy atom. The SMILES string of the molecule is O=C(CSc1ccc(Cl)cc1)NC(CN1CCOCC1)c1ccccc1. The number of hydrogen-bond donors (Lipinski definition) is 1. The number of ether oxygens (including phenoxy) is 1. The summed E-state index contributed by atoms with van der Waals surface area (Å²) < 4.78 is 5.42. The van der Waals surface area contributed by atoms with Crippen LogP contribution in [0.1, 0.15) is 11.6 Å². The second kappa shape index (κ2) is 9.97. The van der Waals surface area contributed by atoms with Gasteiger partial charge in [-0.15, -0.1) is 11.8 Å². The molecule has 1 aliphatic heterocycles. The molecule has 6 heteroatoms. The van der Waals surface area contributed by atoms with Gasteiger partial charge in [0, 0.05) is 29.6 Å². The van der Waals surface area contributed by atoms with Gasteiger partial charge in [0.25, 0.3) is 0 Å². The molecule has 1 N–H and O–H groups in total. The van der Waals surface area contributed by atoms with Gasteiger partial charge in [-0.1, -0.05) is 41.9 Å². The zero-order valence-electron chi connectivity index (χ0n) is 14.6. The van der Waals surface area contributed by atoms with Crippen molar-refractivity contribution in [2.75, 3.05) is 38.6 Å². The smallest absolute Gasteiger partial charge is 0.230 e. The van der Waals surface area contributed by atoms with Crippen LogP contribution < -0.4 is 5.32 Å². The summed E-state index contributed by atoms with van der Waals surface area (Å²) in [4.78, 5) is 15.9. The van der Waals surface area contributed by atoms with Crippen molar-refractivity contribution in [3.8, 4) is 0 Å². The number of carbonyl (C=O) groups is 1. The van der Waals surface area contributed by atoms with Crippen LogP contribution in [-0.2, 0) is 9.53 Å². The van der Waals surface area contributed by atoms with Crippen LogP contribution in [0.2, 0.25) is 5.02 Å². The number of morpholine rings is 1. The Hall–Kier alpha value is -1.53. The number of amides is 1. The summed E-state index contributed by atoms with van der Waals surface area (Å²) in [5, 5.41) is 3.90. The van der Waals surface area contributed by atoms with Gasteiger partial charge in [0.15, 0.2) is 0 Å². The van der Waals surface area contributed by atoms with Crippen LogP contribution in [0.4, 0.5) is 0 Å². The topological polar surface area (TPSA) is 41.6 Å². The van der Waals surface area contributed by atoms with Crippen molar-refractivity contribution < 1.29 is 9.53 Å². The van der Waals surface area contributed by atoms with E-state index in [1.54, 1.807) is 0 Å². The van der Waals surface area contributed by atoms with E-state index in [0.717, 1.165) is 43.3 Å². The summed E-state index contributed by atoms with van der Waals surface area (Å²) in [7, 11) is 0. The van der Waals surface area contributed by atoms with Crippen molar-refractivity contribution in [3.63, 3.8) is 0 Å². The van der Waals surface area contributed by atoms with Gasteiger partial charge >= 0.3 is 0 Å². The molecule has 1 aliphatic rings. The molecule has 26 heavy (non-hydrogen) atoms. The third kappa shape index (κ3) is 6.02. The normalized spacial score (nSPS) is 16.2. The van der Waals surface area contributed by atoms with Gasteiger partial charge in [-0.25, -0.2) is 0 Å². The van der Waals surface area contributed by atoms with Crippen LogP contribution in [0.25, 0.3) is 0 Å². The molecule has 138 valence electrons. The van der Waals surface area contributed by atoms with E-state index in [1.165, 1.54) is 11.8 Å². The van der Waals surface area contributed by atoms with E-state index in [2.05, 4.69) is 22.3 Å². The van der Waals surface area contributed by atoms with Crippen LogP contribution in [0.5, 0.6) is 0 Å². The van der Waals surface area contributed by atoms with Crippen molar-refractivity contribution in [3.05, 3.63) is 65.2 Å². The maximum atomic E-state index is 12.5. The molecule has 4 nitrogen and oxygen atoms in total. The minimum Gasteiger partial charge on any atom is -0.379 e.